The maximum absolute atomic E-state index is 13.7. The molecule has 0 amide bonds. The van der Waals surface area contributed by atoms with Gasteiger partial charge in [0.1, 0.15) is 65.2 Å². The Morgan fingerprint density at radius 3 is 2.18 bits per heavy atom. The molecule has 44 heavy (non-hydrogen) atoms. The second-order valence-electron chi connectivity index (χ2n) is 10.5. The van der Waals surface area contributed by atoms with E-state index in [4.69, 9.17) is 28.1 Å². The van der Waals surface area contributed by atoms with Crippen LogP contribution in [0.1, 0.15) is 6.92 Å². The average Bonchev–Trinajstić information content (AvgIpc) is 2.98. The van der Waals surface area contributed by atoms with Crippen LogP contribution in [0.5, 0.6) is 28.7 Å². The number of hydrogen-bond donors (Lipinski definition) is 9. The lowest BCUT2D eigenvalue weighted by molar-refractivity contribution is -0.318. The van der Waals surface area contributed by atoms with Gasteiger partial charge in [0.2, 0.25) is 17.5 Å². The lowest BCUT2D eigenvalue weighted by atomic mass is 9.98. The van der Waals surface area contributed by atoms with Gasteiger partial charge in [0, 0.05) is 17.7 Å². The molecule has 5 rings (SSSR count). The van der Waals surface area contributed by atoms with E-state index in [2.05, 4.69) is 0 Å². The first-order valence-corrected chi connectivity index (χ1v) is 13.4. The molecule has 2 aliphatic rings. The van der Waals surface area contributed by atoms with Crippen LogP contribution in [0.2, 0.25) is 0 Å². The van der Waals surface area contributed by atoms with Crippen molar-refractivity contribution in [1.29, 1.82) is 0 Å². The minimum Gasteiger partial charge on any atom is -0.508 e. The van der Waals surface area contributed by atoms with Gasteiger partial charge in [0.05, 0.1) is 19.8 Å². The molecule has 2 aliphatic heterocycles. The molecule has 0 bridgehead atoms. The molecule has 0 spiro atoms. The van der Waals surface area contributed by atoms with E-state index in [9.17, 15) is 50.8 Å². The highest BCUT2D eigenvalue weighted by molar-refractivity contribution is 5.88. The molecule has 16 heteroatoms. The van der Waals surface area contributed by atoms with Crippen LogP contribution in [0.3, 0.4) is 0 Å². The van der Waals surface area contributed by atoms with Gasteiger partial charge in [-0.1, -0.05) is 0 Å². The fourth-order valence-corrected chi connectivity index (χ4v) is 4.99. The van der Waals surface area contributed by atoms with Gasteiger partial charge < -0.3 is 74.1 Å². The number of rotatable bonds is 7. The number of phenolic OH excluding ortho intramolecular Hbond substituents is 3. The summed E-state index contributed by atoms with van der Waals surface area (Å²) in [5, 5.41) is 92.1. The molecule has 2 aromatic carbocycles. The molecule has 0 saturated carbocycles. The van der Waals surface area contributed by atoms with Gasteiger partial charge >= 0.3 is 0 Å². The van der Waals surface area contributed by atoms with Crippen molar-refractivity contribution in [2.45, 2.75) is 68.3 Å². The molecule has 2 fully saturated rings. The number of hydrogen-bond acceptors (Lipinski definition) is 16. The highest BCUT2D eigenvalue weighted by atomic mass is 16.7. The van der Waals surface area contributed by atoms with Crippen LogP contribution in [0.15, 0.2) is 39.5 Å². The Balaban J connectivity index is 1.49. The van der Waals surface area contributed by atoms with Gasteiger partial charge in [-0.05, 0) is 25.1 Å². The smallest absolute Gasteiger partial charge is 0.239 e. The van der Waals surface area contributed by atoms with Crippen molar-refractivity contribution >= 4 is 11.0 Å². The molecule has 10 atom stereocenters. The van der Waals surface area contributed by atoms with Gasteiger partial charge in [0.15, 0.2) is 23.5 Å². The number of fused-ring (bicyclic) bond motifs is 1. The first-order chi connectivity index (χ1) is 20.8. The first-order valence-electron chi connectivity index (χ1n) is 13.4. The van der Waals surface area contributed by atoms with E-state index in [0.717, 1.165) is 12.1 Å². The molecule has 2 saturated heterocycles. The van der Waals surface area contributed by atoms with Gasteiger partial charge in [0.25, 0.3) is 0 Å². The van der Waals surface area contributed by atoms with E-state index in [1.54, 1.807) is 0 Å². The predicted octanol–water partition coefficient (Wildman–Crippen LogP) is -1.38. The number of aliphatic hydroxyl groups excluding tert-OH is 6. The van der Waals surface area contributed by atoms with Crippen molar-refractivity contribution in [2.24, 2.45) is 0 Å². The summed E-state index contributed by atoms with van der Waals surface area (Å²) in [5.74, 6) is -2.28. The number of benzene rings is 2. The lowest BCUT2D eigenvalue weighted by Gasteiger charge is -2.42. The molecule has 16 nitrogen and oxygen atoms in total. The second kappa shape index (κ2) is 12.4. The summed E-state index contributed by atoms with van der Waals surface area (Å²) in [6.45, 7) is 0.845. The molecule has 9 N–H and O–H groups in total. The van der Waals surface area contributed by atoms with Crippen molar-refractivity contribution in [2.75, 3.05) is 13.7 Å². The number of aliphatic hydroxyl groups is 6. The Labute approximate surface area is 248 Å². The van der Waals surface area contributed by atoms with E-state index in [-0.39, 0.29) is 28.4 Å². The molecular formula is C28H32O16. The van der Waals surface area contributed by atoms with Crippen LogP contribution in [0.25, 0.3) is 22.3 Å². The second-order valence-corrected chi connectivity index (χ2v) is 10.5. The van der Waals surface area contributed by atoms with Gasteiger partial charge in [-0.25, -0.2) is 0 Å². The molecule has 240 valence electrons. The highest BCUT2D eigenvalue weighted by Gasteiger charge is 2.47. The Morgan fingerprint density at radius 2 is 1.48 bits per heavy atom. The highest BCUT2D eigenvalue weighted by Crippen LogP contribution is 2.39. The molecule has 3 aromatic rings. The largest absolute Gasteiger partial charge is 0.508 e. The van der Waals surface area contributed by atoms with Crippen molar-refractivity contribution in [3.05, 3.63) is 40.6 Å². The number of methoxy groups -OCH3 is 1. The monoisotopic (exact) mass is 624 g/mol. The average molecular weight is 625 g/mol. The Morgan fingerprint density at radius 1 is 0.795 bits per heavy atom. The van der Waals surface area contributed by atoms with E-state index >= 15 is 0 Å². The number of ether oxygens (including phenoxy) is 5. The van der Waals surface area contributed by atoms with Crippen LogP contribution in [0, 0.1) is 0 Å². The summed E-state index contributed by atoms with van der Waals surface area (Å²) in [6.07, 6.45) is -16.0. The Bertz CT molecular complexity index is 1560. The zero-order valence-electron chi connectivity index (χ0n) is 23.3. The van der Waals surface area contributed by atoms with Crippen LogP contribution in [-0.2, 0) is 14.2 Å². The number of aromatic hydroxyl groups is 3. The van der Waals surface area contributed by atoms with Crippen molar-refractivity contribution in [3.63, 3.8) is 0 Å². The Hall–Kier alpha value is -3.71. The topological polar surface area (TPSA) is 258 Å². The predicted molar refractivity (Wildman–Crippen MR) is 145 cm³/mol. The molecule has 0 radical (unpaired) electrons. The van der Waals surface area contributed by atoms with Crippen molar-refractivity contribution < 1.29 is 74.1 Å². The van der Waals surface area contributed by atoms with Crippen LogP contribution < -0.4 is 14.9 Å². The lowest BCUT2D eigenvalue weighted by Crippen LogP contribution is -2.61. The van der Waals surface area contributed by atoms with E-state index in [1.807, 2.05) is 0 Å². The fourth-order valence-electron chi connectivity index (χ4n) is 4.99. The summed E-state index contributed by atoms with van der Waals surface area (Å²) in [4.78, 5) is 13.7. The van der Waals surface area contributed by atoms with E-state index in [0.29, 0.717) is 0 Å². The van der Waals surface area contributed by atoms with E-state index < -0.39 is 96.1 Å². The third kappa shape index (κ3) is 5.74. The van der Waals surface area contributed by atoms with Gasteiger partial charge in [-0.15, -0.1) is 0 Å². The van der Waals surface area contributed by atoms with Gasteiger partial charge in [-0.3, -0.25) is 4.79 Å². The SMILES string of the molecule is COc1cc(-c2oc3cc(O)cc(O)c3c(=O)c2O[C@@H]2O[C@@H](CO[C@@H]3O[C@H](C)[C@H](O)[C@@H](O)[C@H]3O)[C@H](O)[C@H](O)[C@@H]2O)ccc1O. The van der Waals surface area contributed by atoms with Crippen LogP contribution >= 0.6 is 0 Å². The summed E-state index contributed by atoms with van der Waals surface area (Å²) in [5.41, 5.74) is -1.11. The minimum absolute atomic E-state index is 0.0151. The third-order valence-electron chi connectivity index (χ3n) is 7.50. The number of phenols is 3. The zero-order chi connectivity index (χ0) is 32.0. The normalized spacial score (nSPS) is 32.5. The standard InChI is InChI=1S/C28H32O16/c1-9-18(32)21(35)23(37)27(41-9)40-8-16-19(33)22(36)24(38)28(43-16)44-26-20(34)17-13(31)6-11(29)7-15(17)42-25(26)10-3-4-12(30)14(5-10)39-2/h3-7,9,16,18-19,21-24,27-33,35-38H,8H2,1-2H3/t9-,16+,18+,19+,21-,22+,23-,24+,27-,28+/m1/s1. The van der Waals surface area contributed by atoms with Crippen molar-refractivity contribution in [1.82, 2.24) is 0 Å². The van der Waals surface area contributed by atoms with Crippen LogP contribution in [-0.4, -0.2) is 121 Å². The fraction of sp³-hybridized carbons (Fsp3) is 0.464. The summed E-state index contributed by atoms with van der Waals surface area (Å²) in [6, 6.07) is 5.83. The molecule has 0 aliphatic carbocycles. The van der Waals surface area contributed by atoms with Gasteiger partial charge in [-0.2, -0.15) is 0 Å². The summed E-state index contributed by atoms with van der Waals surface area (Å²) < 4.78 is 33.2. The molecule has 1 aromatic heterocycles. The Kier molecular flexibility index (Phi) is 8.90. The van der Waals surface area contributed by atoms with Crippen molar-refractivity contribution in [3.8, 4) is 40.1 Å². The quantitative estimate of drug-likeness (QED) is 0.147. The van der Waals surface area contributed by atoms with Crippen LogP contribution in [0.4, 0.5) is 0 Å². The molecule has 3 heterocycles. The molecule has 0 unspecified atom stereocenters. The third-order valence-corrected chi connectivity index (χ3v) is 7.50. The summed E-state index contributed by atoms with van der Waals surface area (Å²) >= 11 is 0. The zero-order valence-corrected chi connectivity index (χ0v) is 23.3. The maximum atomic E-state index is 13.7. The minimum atomic E-state index is -1.94. The summed E-state index contributed by atoms with van der Waals surface area (Å²) in [7, 11) is 1.28. The maximum Gasteiger partial charge on any atom is 0.239 e. The molecular weight excluding hydrogens is 592 g/mol. The van der Waals surface area contributed by atoms with E-state index in [1.165, 1.54) is 32.2 Å². The first kappa shape index (κ1) is 31.7.